The number of para-hydroxylation sites is 2. The number of hydrogen-bond donors (Lipinski definition) is 4. The van der Waals surface area contributed by atoms with Crippen molar-refractivity contribution in [3.05, 3.63) is 130 Å². The maximum Gasteiger partial charge on any atom is 0.239 e. The highest BCUT2D eigenvalue weighted by Crippen LogP contribution is 2.29. The Morgan fingerprint density at radius 1 is 0.545 bits per heavy atom. The number of rotatable bonds is 6. The van der Waals surface area contributed by atoms with Gasteiger partial charge in [-0.15, -0.1) is 0 Å². The first kappa shape index (κ1) is 36.8. The van der Waals surface area contributed by atoms with E-state index >= 15 is 0 Å². The van der Waals surface area contributed by atoms with E-state index in [-0.39, 0.29) is 50.8 Å². The van der Waals surface area contributed by atoms with E-state index in [4.69, 9.17) is 34.7 Å². The molecule has 55 heavy (non-hydrogen) atoms. The van der Waals surface area contributed by atoms with E-state index in [2.05, 4.69) is 40.5 Å². The molecule has 0 fully saturated rings. The van der Waals surface area contributed by atoms with Gasteiger partial charge in [0.1, 0.15) is 29.1 Å². The van der Waals surface area contributed by atoms with Crippen molar-refractivity contribution in [1.29, 1.82) is 0 Å². The zero-order valence-electron chi connectivity index (χ0n) is 28.4. The minimum Gasteiger partial charge on any atom is -0.381 e. The van der Waals surface area contributed by atoms with Crippen LogP contribution in [0.2, 0.25) is 10.0 Å². The molecule has 0 saturated carbocycles. The van der Waals surface area contributed by atoms with Crippen LogP contribution in [0.1, 0.15) is 11.6 Å². The summed E-state index contributed by atoms with van der Waals surface area (Å²) < 4.78 is 73.0. The van der Waals surface area contributed by atoms with Gasteiger partial charge in [0.2, 0.25) is 23.5 Å². The third-order valence-electron chi connectivity index (χ3n) is 8.01. The zero-order chi connectivity index (χ0) is 39.1. The lowest BCUT2D eigenvalue weighted by Crippen LogP contribution is -2.11. The Kier molecular flexibility index (Phi) is 9.81. The van der Waals surface area contributed by atoms with E-state index in [1.807, 2.05) is 24.3 Å². The Morgan fingerprint density at radius 3 is 1.53 bits per heavy atom. The minimum absolute atomic E-state index is 0.0126. The van der Waals surface area contributed by atoms with E-state index in [0.717, 1.165) is 23.2 Å². The second kappa shape index (κ2) is 14.7. The second-order valence-corrected chi connectivity index (χ2v) is 12.6. The van der Waals surface area contributed by atoms with Gasteiger partial charge in [0.15, 0.2) is 23.3 Å². The van der Waals surface area contributed by atoms with Crippen LogP contribution < -0.4 is 22.1 Å². The fourth-order valence-electron chi connectivity index (χ4n) is 5.51. The quantitative estimate of drug-likeness (QED) is 0.120. The summed E-state index contributed by atoms with van der Waals surface area (Å²) in [5.41, 5.74) is 14.3. The average Bonchev–Trinajstić information content (AvgIpc) is 3.66. The van der Waals surface area contributed by atoms with Crippen LogP contribution in [-0.2, 0) is 0 Å². The Morgan fingerprint density at radius 2 is 1.02 bits per heavy atom. The molecule has 8 aromatic rings. The standard InChI is InChI=1S/C18H12ClF3N6.C18H13ClF2N6/c1-8-24-13-5-2-9(20)6-14(13)28(8)18-26-16(23)15(22)17(27-18)25-10-3-4-11(19)12(21)7-10;1-9-23-13-4-2-3-5-14(13)27(9)18-25-16(22)15(21)17(26-18)24-10-6-7-11(19)12(20)8-10/h2-7H,1H3,(H3,23,25,26,27);2-8H,1H3,(H3,22,24,25,26). The molecule has 4 heterocycles. The number of nitrogens with two attached hydrogens (primary N) is 2. The fourth-order valence-corrected chi connectivity index (χ4v) is 5.75. The summed E-state index contributed by atoms with van der Waals surface area (Å²) in [5, 5.41) is 5.25. The first-order chi connectivity index (χ1) is 26.3. The van der Waals surface area contributed by atoms with Gasteiger partial charge in [0.05, 0.1) is 32.1 Å². The highest BCUT2D eigenvalue weighted by atomic mass is 35.5. The van der Waals surface area contributed by atoms with E-state index in [0.29, 0.717) is 22.7 Å². The van der Waals surface area contributed by atoms with Gasteiger partial charge in [0.25, 0.3) is 0 Å². The Balaban J connectivity index is 0.000000169. The molecule has 0 bridgehead atoms. The molecule has 0 saturated heterocycles. The number of aryl methyl sites for hydroxylation is 2. The summed E-state index contributed by atoms with van der Waals surface area (Å²) in [6.07, 6.45) is 0. The Hall–Kier alpha value is -6.59. The normalized spacial score (nSPS) is 11.1. The van der Waals surface area contributed by atoms with Crippen molar-refractivity contribution >= 4 is 79.9 Å². The van der Waals surface area contributed by atoms with Crippen LogP contribution >= 0.6 is 23.2 Å². The molecule has 8 rings (SSSR count). The van der Waals surface area contributed by atoms with Crippen molar-refractivity contribution in [2.24, 2.45) is 0 Å². The molecular formula is C36H25Cl2F5N12. The number of hydrogen-bond acceptors (Lipinski definition) is 10. The highest BCUT2D eigenvalue weighted by Gasteiger charge is 2.20. The van der Waals surface area contributed by atoms with E-state index in [1.165, 1.54) is 47.0 Å². The van der Waals surface area contributed by atoms with Gasteiger partial charge in [-0.2, -0.15) is 28.7 Å². The number of imidazole rings is 2. The number of halogens is 7. The average molecular weight is 792 g/mol. The molecule has 0 radical (unpaired) electrons. The summed E-state index contributed by atoms with van der Waals surface area (Å²) in [5.74, 6) is -3.56. The van der Waals surface area contributed by atoms with E-state index in [9.17, 15) is 22.0 Å². The number of fused-ring (bicyclic) bond motifs is 2. The second-order valence-electron chi connectivity index (χ2n) is 11.8. The van der Waals surface area contributed by atoms with E-state index < -0.39 is 34.9 Å². The summed E-state index contributed by atoms with van der Waals surface area (Å²) in [6, 6.07) is 19.3. The maximum atomic E-state index is 14.5. The van der Waals surface area contributed by atoms with Crippen LogP contribution in [0.4, 0.5) is 56.6 Å². The van der Waals surface area contributed by atoms with Crippen molar-refractivity contribution in [3.8, 4) is 11.9 Å². The molecule has 0 spiro atoms. The number of aromatic nitrogens is 8. The van der Waals surface area contributed by atoms with Crippen LogP contribution in [0.15, 0.2) is 78.9 Å². The molecule has 6 N–H and O–H groups in total. The van der Waals surface area contributed by atoms with Crippen LogP contribution in [0.3, 0.4) is 0 Å². The van der Waals surface area contributed by atoms with Gasteiger partial charge in [0, 0.05) is 17.4 Å². The molecule has 12 nitrogen and oxygen atoms in total. The van der Waals surface area contributed by atoms with Gasteiger partial charge >= 0.3 is 0 Å². The molecule has 0 atom stereocenters. The molecule has 0 aliphatic carbocycles. The summed E-state index contributed by atoms with van der Waals surface area (Å²) >= 11 is 11.3. The third-order valence-corrected chi connectivity index (χ3v) is 8.62. The lowest BCUT2D eigenvalue weighted by atomic mass is 10.3. The largest absolute Gasteiger partial charge is 0.381 e. The molecule has 0 amide bonds. The van der Waals surface area contributed by atoms with Crippen LogP contribution in [0.25, 0.3) is 34.0 Å². The van der Waals surface area contributed by atoms with Crippen molar-refractivity contribution in [3.63, 3.8) is 0 Å². The number of nitrogens with zero attached hydrogens (tertiary/aromatic N) is 8. The molecule has 0 aliphatic heterocycles. The lowest BCUT2D eigenvalue weighted by Gasteiger charge is -2.12. The summed E-state index contributed by atoms with van der Waals surface area (Å²) in [7, 11) is 0. The smallest absolute Gasteiger partial charge is 0.239 e. The predicted molar refractivity (Wildman–Crippen MR) is 201 cm³/mol. The topological polar surface area (TPSA) is 163 Å². The Bertz CT molecular complexity index is 2770. The van der Waals surface area contributed by atoms with Crippen LogP contribution in [0.5, 0.6) is 0 Å². The summed E-state index contributed by atoms with van der Waals surface area (Å²) in [4.78, 5) is 25.1. The lowest BCUT2D eigenvalue weighted by molar-refractivity contribution is 0.621. The molecule has 4 aromatic heterocycles. The van der Waals surface area contributed by atoms with Gasteiger partial charge in [-0.25, -0.2) is 23.1 Å². The number of benzene rings is 4. The number of nitrogens with one attached hydrogen (secondary N) is 2. The molecule has 4 aromatic carbocycles. The van der Waals surface area contributed by atoms with Gasteiger partial charge in [-0.05, 0) is 74.5 Å². The molecule has 0 unspecified atom stereocenters. The first-order valence-corrected chi connectivity index (χ1v) is 16.7. The van der Waals surface area contributed by atoms with Gasteiger partial charge < -0.3 is 22.1 Å². The van der Waals surface area contributed by atoms with E-state index in [1.54, 1.807) is 18.4 Å². The number of anilines is 6. The van der Waals surface area contributed by atoms with Crippen LogP contribution in [-0.4, -0.2) is 39.0 Å². The van der Waals surface area contributed by atoms with Crippen molar-refractivity contribution in [2.45, 2.75) is 13.8 Å². The van der Waals surface area contributed by atoms with Crippen molar-refractivity contribution in [2.75, 3.05) is 22.1 Å². The predicted octanol–water partition coefficient (Wildman–Crippen LogP) is 8.90. The summed E-state index contributed by atoms with van der Waals surface area (Å²) in [6.45, 7) is 3.45. The molecule has 278 valence electrons. The van der Waals surface area contributed by atoms with Crippen molar-refractivity contribution in [1.82, 2.24) is 39.0 Å². The third kappa shape index (κ3) is 7.34. The van der Waals surface area contributed by atoms with Crippen molar-refractivity contribution < 1.29 is 22.0 Å². The molecule has 0 aliphatic rings. The molecule has 19 heteroatoms. The maximum absolute atomic E-state index is 14.5. The minimum atomic E-state index is -0.910. The highest BCUT2D eigenvalue weighted by molar-refractivity contribution is 6.31. The fraction of sp³-hybridized carbons (Fsp3) is 0.0556. The monoisotopic (exact) mass is 790 g/mol. The van der Waals surface area contributed by atoms with Crippen LogP contribution in [0, 0.1) is 42.9 Å². The Labute approximate surface area is 317 Å². The number of nitrogen functional groups attached to an aromatic ring is 2. The molecular weight excluding hydrogens is 766 g/mol. The SMILES string of the molecule is Cc1nc2ccc(F)cc2n1-c1nc(N)c(F)c(Nc2ccc(Cl)c(F)c2)n1.Cc1nc2ccccc2n1-c1nc(N)c(F)c(Nc2ccc(Cl)c(F)c2)n1. The first-order valence-electron chi connectivity index (χ1n) is 16.0. The van der Waals surface area contributed by atoms with Gasteiger partial charge in [-0.3, -0.25) is 9.13 Å². The van der Waals surface area contributed by atoms with Gasteiger partial charge in [-0.1, -0.05) is 35.3 Å². The zero-order valence-corrected chi connectivity index (χ0v) is 29.9.